The summed E-state index contributed by atoms with van der Waals surface area (Å²) in [5, 5.41) is 13.3. The molecule has 0 aliphatic rings. The van der Waals surface area contributed by atoms with Gasteiger partial charge in [-0.25, -0.2) is 4.79 Å². The van der Waals surface area contributed by atoms with Gasteiger partial charge in [0.2, 0.25) is 30.5 Å². The molecule has 2 aromatic heterocycles. The molecule has 1 N–H and O–H groups in total. The Bertz CT molecular complexity index is 1250. The molecule has 0 radical (unpaired) electrons. The van der Waals surface area contributed by atoms with Crippen LogP contribution in [0.5, 0.6) is 0 Å². The van der Waals surface area contributed by atoms with Crippen molar-refractivity contribution < 1.29 is 28.1 Å². The molecule has 4 rings (SSSR count). The Kier molecular flexibility index (Phi) is 5.31. The van der Waals surface area contributed by atoms with Gasteiger partial charge in [0.1, 0.15) is 4.92 Å². The number of benzene rings is 2. The fourth-order valence-electron chi connectivity index (χ4n) is 2.88. The van der Waals surface area contributed by atoms with Crippen molar-refractivity contribution in [3.8, 4) is 5.69 Å². The number of carbonyl (C=O) groups is 2. The van der Waals surface area contributed by atoms with Crippen LogP contribution < -0.4 is 14.5 Å². The Balaban J connectivity index is 1.44. The van der Waals surface area contributed by atoms with Crippen molar-refractivity contribution in [1.82, 2.24) is 0 Å². The van der Waals surface area contributed by atoms with Crippen LogP contribution in [0.3, 0.4) is 0 Å². The third-order valence-electron chi connectivity index (χ3n) is 4.45. The van der Waals surface area contributed by atoms with Crippen LogP contribution in [-0.2, 0) is 0 Å². The summed E-state index contributed by atoms with van der Waals surface area (Å²) < 4.78 is 8.19. The molecule has 2 heterocycles. The number of rotatable bonds is 5. The number of nitrogens with zero attached hydrogens (tertiary/aromatic N) is 3. The number of hydrogen-bond acceptors (Lipinski definition) is 5. The second-order valence-electron chi connectivity index (χ2n) is 6.48. The first-order chi connectivity index (χ1) is 15.0. The molecule has 4 aromatic rings. The van der Waals surface area contributed by atoms with Gasteiger partial charge in [-0.1, -0.05) is 18.2 Å². The SMILES string of the molecule is O=C(Nc1ccc(-[n+]2cc[n+](C(=O)c3ccccc3)cc2)cc1)c1ccc([N+](=O)[O-])o1. The topological polar surface area (TPSA) is 110 Å². The molecule has 0 aliphatic carbocycles. The number of furan rings is 1. The van der Waals surface area contributed by atoms with Gasteiger partial charge in [0.15, 0.2) is 5.76 Å². The van der Waals surface area contributed by atoms with Crippen LogP contribution >= 0.6 is 0 Å². The highest BCUT2D eigenvalue weighted by molar-refractivity contribution is 6.02. The predicted molar refractivity (Wildman–Crippen MR) is 108 cm³/mol. The van der Waals surface area contributed by atoms with Gasteiger partial charge in [0.25, 0.3) is 5.91 Å². The lowest BCUT2D eigenvalue weighted by molar-refractivity contribution is -0.644. The largest absolute Gasteiger partial charge is 0.433 e. The Morgan fingerprint density at radius 2 is 1.55 bits per heavy atom. The van der Waals surface area contributed by atoms with E-state index in [2.05, 4.69) is 5.32 Å². The highest BCUT2D eigenvalue weighted by Gasteiger charge is 2.20. The first-order valence-corrected chi connectivity index (χ1v) is 9.19. The van der Waals surface area contributed by atoms with Crippen LogP contribution in [0.1, 0.15) is 20.9 Å². The number of nitro groups is 1. The van der Waals surface area contributed by atoms with Crippen LogP contribution in [0.25, 0.3) is 5.69 Å². The van der Waals surface area contributed by atoms with E-state index >= 15 is 0 Å². The van der Waals surface area contributed by atoms with Crippen LogP contribution in [0.4, 0.5) is 11.6 Å². The molecule has 0 aliphatic heterocycles. The van der Waals surface area contributed by atoms with Crippen LogP contribution in [0, 0.1) is 10.1 Å². The Hall–Kier alpha value is -4.66. The minimum absolute atomic E-state index is 0.135. The number of nitrogens with one attached hydrogen (secondary N) is 1. The summed E-state index contributed by atoms with van der Waals surface area (Å²) in [6, 6.07) is 18.3. The first kappa shape index (κ1) is 19.6. The van der Waals surface area contributed by atoms with E-state index in [9.17, 15) is 19.7 Å². The maximum atomic E-state index is 12.5. The lowest BCUT2D eigenvalue weighted by Crippen LogP contribution is -2.46. The zero-order valence-electron chi connectivity index (χ0n) is 16.0. The molecule has 9 heteroatoms. The molecule has 0 spiro atoms. The van der Waals surface area contributed by atoms with Gasteiger partial charge >= 0.3 is 11.8 Å². The van der Waals surface area contributed by atoms with Gasteiger partial charge in [-0.2, -0.15) is 4.57 Å². The van der Waals surface area contributed by atoms with Crippen molar-refractivity contribution in [2.45, 2.75) is 0 Å². The molecule has 0 bridgehead atoms. The van der Waals surface area contributed by atoms with E-state index in [0.29, 0.717) is 11.3 Å². The number of amides is 1. The lowest BCUT2D eigenvalue weighted by Gasteiger charge is -2.02. The van der Waals surface area contributed by atoms with Crippen LogP contribution in [-0.4, -0.2) is 16.7 Å². The molecule has 0 fully saturated rings. The van der Waals surface area contributed by atoms with Crippen molar-refractivity contribution in [3.63, 3.8) is 0 Å². The van der Waals surface area contributed by atoms with E-state index in [1.807, 2.05) is 22.8 Å². The summed E-state index contributed by atoms with van der Waals surface area (Å²) in [7, 11) is 0. The Morgan fingerprint density at radius 1 is 0.871 bits per heavy atom. The van der Waals surface area contributed by atoms with Gasteiger partial charge in [-0.05, 0) is 30.3 Å². The number of hydrogen-bond donors (Lipinski definition) is 1. The third kappa shape index (κ3) is 4.35. The van der Waals surface area contributed by atoms with Crippen molar-refractivity contribution in [2.75, 3.05) is 5.32 Å². The summed E-state index contributed by atoms with van der Waals surface area (Å²) in [4.78, 5) is 34.6. The molecule has 1 amide bonds. The van der Waals surface area contributed by atoms with Gasteiger partial charge in [-0.15, -0.1) is 4.57 Å². The summed E-state index contributed by atoms with van der Waals surface area (Å²) in [6.45, 7) is 0. The molecule has 152 valence electrons. The molecule has 31 heavy (non-hydrogen) atoms. The zero-order valence-corrected chi connectivity index (χ0v) is 16.0. The molecule has 2 aromatic carbocycles. The molecule has 0 atom stereocenters. The van der Waals surface area contributed by atoms with E-state index in [4.69, 9.17) is 4.42 Å². The van der Waals surface area contributed by atoms with E-state index in [1.165, 1.54) is 10.6 Å². The fourth-order valence-corrected chi connectivity index (χ4v) is 2.88. The van der Waals surface area contributed by atoms with E-state index in [-0.39, 0.29) is 11.7 Å². The van der Waals surface area contributed by atoms with Crippen molar-refractivity contribution in [1.29, 1.82) is 0 Å². The fraction of sp³-hybridized carbons (Fsp3) is 0. The van der Waals surface area contributed by atoms with E-state index in [1.54, 1.807) is 61.2 Å². The maximum absolute atomic E-state index is 12.5. The lowest BCUT2D eigenvalue weighted by atomic mass is 10.2. The number of aromatic nitrogens is 2. The minimum atomic E-state index is -0.709. The average molecular weight is 416 g/mol. The molecule has 0 unspecified atom stereocenters. The Labute approximate surface area is 176 Å². The van der Waals surface area contributed by atoms with Crippen molar-refractivity contribution in [3.05, 3.63) is 113 Å². The molecule has 0 saturated carbocycles. The maximum Gasteiger partial charge on any atom is 0.433 e. The molecular formula is C22H16N4O5+2. The quantitative estimate of drug-likeness (QED) is 0.306. The minimum Gasteiger partial charge on any atom is -0.395 e. The number of anilines is 1. The molecular weight excluding hydrogens is 400 g/mol. The van der Waals surface area contributed by atoms with Crippen LogP contribution in [0.2, 0.25) is 0 Å². The van der Waals surface area contributed by atoms with Gasteiger partial charge in [-0.3, -0.25) is 14.9 Å². The highest BCUT2D eigenvalue weighted by atomic mass is 16.6. The van der Waals surface area contributed by atoms with E-state index in [0.717, 1.165) is 11.8 Å². The molecule has 0 saturated heterocycles. The van der Waals surface area contributed by atoms with Crippen molar-refractivity contribution in [2.24, 2.45) is 0 Å². The number of carbonyl (C=O) groups excluding carboxylic acids is 2. The third-order valence-corrected chi connectivity index (χ3v) is 4.45. The first-order valence-electron chi connectivity index (χ1n) is 9.19. The van der Waals surface area contributed by atoms with Gasteiger partial charge in [0.05, 0.1) is 11.6 Å². The second-order valence-corrected chi connectivity index (χ2v) is 6.48. The summed E-state index contributed by atoms with van der Waals surface area (Å²) in [6.07, 6.45) is 6.82. The zero-order chi connectivity index (χ0) is 21.8. The smallest absolute Gasteiger partial charge is 0.395 e. The predicted octanol–water partition coefficient (Wildman–Crippen LogP) is 2.69. The summed E-state index contributed by atoms with van der Waals surface area (Å²) in [5.41, 5.74) is 1.90. The summed E-state index contributed by atoms with van der Waals surface area (Å²) in [5.74, 6) is -1.37. The highest BCUT2D eigenvalue weighted by Crippen LogP contribution is 2.17. The monoisotopic (exact) mass is 416 g/mol. The van der Waals surface area contributed by atoms with Gasteiger partial charge in [0, 0.05) is 17.8 Å². The average Bonchev–Trinajstić information content (AvgIpc) is 3.31. The molecule has 9 nitrogen and oxygen atoms in total. The normalized spacial score (nSPS) is 10.5. The van der Waals surface area contributed by atoms with E-state index < -0.39 is 16.7 Å². The van der Waals surface area contributed by atoms with Crippen molar-refractivity contribution >= 4 is 23.4 Å². The second kappa shape index (κ2) is 8.37. The standard InChI is InChI=1S/C22H15N4O5/c27-21(19-10-11-20(31-19)26(29)30)23-17-6-8-18(9-7-17)24-12-14-25(15-13-24)22(28)16-4-2-1-3-5-16/h1-15H/q+1/p+1. The van der Waals surface area contributed by atoms with Gasteiger partial charge < -0.3 is 9.73 Å². The van der Waals surface area contributed by atoms with Crippen LogP contribution in [0.15, 0.2) is 95.9 Å². The summed E-state index contributed by atoms with van der Waals surface area (Å²) >= 11 is 0. The Morgan fingerprint density at radius 3 is 2.16 bits per heavy atom.